The molecule has 0 atom stereocenters. The minimum Gasteiger partial charge on any atom is -0.468 e. The van der Waals surface area contributed by atoms with Crippen molar-refractivity contribution in [1.82, 2.24) is 24.5 Å². The summed E-state index contributed by atoms with van der Waals surface area (Å²) in [6.07, 6.45) is -2.09. The predicted molar refractivity (Wildman–Crippen MR) is 137 cm³/mol. The lowest BCUT2D eigenvalue weighted by Gasteiger charge is -2.12. The smallest absolute Gasteiger partial charge is 0.433 e. The number of alkyl halides is 3. The first-order valence-corrected chi connectivity index (χ1v) is 12.4. The molecule has 0 fully saturated rings. The van der Waals surface area contributed by atoms with E-state index < -0.39 is 35.3 Å². The molecule has 1 aromatic carbocycles. The summed E-state index contributed by atoms with van der Waals surface area (Å²) in [7, 11) is 1.61. The number of carbonyl (C=O) groups excluding carboxylic acids is 2. The number of pyridine rings is 1. The van der Waals surface area contributed by atoms with Crippen molar-refractivity contribution in [3.8, 4) is 16.9 Å². The normalized spacial score (nSPS) is 11.7. The van der Waals surface area contributed by atoms with E-state index in [1.807, 2.05) is 0 Å². The van der Waals surface area contributed by atoms with Gasteiger partial charge in [0.25, 0.3) is 11.8 Å². The zero-order chi connectivity index (χ0) is 29.6. The van der Waals surface area contributed by atoms with Crippen LogP contribution in [0, 0.1) is 18.6 Å². The van der Waals surface area contributed by atoms with E-state index in [0.717, 1.165) is 22.9 Å². The van der Waals surface area contributed by atoms with Crippen molar-refractivity contribution in [2.75, 3.05) is 5.32 Å². The maximum atomic E-state index is 13.8. The van der Waals surface area contributed by atoms with Gasteiger partial charge in [-0.1, -0.05) is 0 Å². The number of benzene rings is 1. The Labute approximate surface area is 231 Å². The highest BCUT2D eigenvalue weighted by Crippen LogP contribution is 2.44. The Hall–Kier alpha value is -4.86. The lowest BCUT2D eigenvalue weighted by Crippen LogP contribution is -2.18. The number of nitrogens with zero attached hydrogens (tertiary/aromatic N) is 5. The molecule has 41 heavy (non-hydrogen) atoms. The minimum atomic E-state index is -4.80. The van der Waals surface area contributed by atoms with Gasteiger partial charge in [0.2, 0.25) is 0 Å². The molecular formula is C25H18F5N7O3S. The zero-order valence-corrected chi connectivity index (χ0v) is 21.9. The molecule has 5 aromatic rings. The molecule has 212 valence electrons. The average molecular weight is 592 g/mol. The number of hydrogen-bond acceptors (Lipinski definition) is 7. The van der Waals surface area contributed by atoms with Crippen LogP contribution >= 0.6 is 11.3 Å². The lowest BCUT2D eigenvalue weighted by molar-refractivity contribution is -0.140. The van der Waals surface area contributed by atoms with E-state index in [1.165, 1.54) is 23.1 Å². The van der Waals surface area contributed by atoms with Crippen molar-refractivity contribution in [2.45, 2.75) is 19.8 Å². The van der Waals surface area contributed by atoms with Gasteiger partial charge < -0.3 is 15.8 Å². The molecule has 0 bridgehead atoms. The Morgan fingerprint density at radius 1 is 1.15 bits per heavy atom. The molecule has 0 saturated heterocycles. The van der Waals surface area contributed by atoms with Crippen molar-refractivity contribution in [3.05, 3.63) is 76.3 Å². The molecule has 0 radical (unpaired) electrons. The van der Waals surface area contributed by atoms with Crippen LogP contribution in [0.1, 0.15) is 31.5 Å². The summed E-state index contributed by atoms with van der Waals surface area (Å²) >= 11 is 0.599. The number of carbonyl (C=O) groups is 2. The summed E-state index contributed by atoms with van der Waals surface area (Å²) in [5.41, 5.74) is 4.90. The first-order valence-electron chi connectivity index (χ1n) is 11.6. The third kappa shape index (κ3) is 5.32. The van der Waals surface area contributed by atoms with Gasteiger partial charge in [0.1, 0.15) is 21.2 Å². The molecule has 2 amide bonds. The number of hydrogen-bond donors (Lipinski definition) is 2. The Kier molecular flexibility index (Phi) is 6.94. The molecule has 16 heteroatoms. The number of anilines is 1. The number of rotatable bonds is 7. The molecular weight excluding hydrogens is 573 g/mol. The molecule has 4 aromatic heterocycles. The molecule has 4 heterocycles. The van der Waals surface area contributed by atoms with Gasteiger partial charge in [0.05, 0.1) is 11.9 Å². The number of thiophene rings is 1. The van der Waals surface area contributed by atoms with E-state index in [-0.39, 0.29) is 44.5 Å². The molecule has 0 aliphatic rings. The van der Waals surface area contributed by atoms with Crippen molar-refractivity contribution >= 4 is 39.1 Å². The lowest BCUT2D eigenvalue weighted by atomic mass is 10.0. The van der Waals surface area contributed by atoms with Crippen LogP contribution in [0.2, 0.25) is 0 Å². The number of primary amides is 1. The van der Waals surface area contributed by atoms with Gasteiger partial charge >= 0.3 is 6.18 Å². The monoisotopic (exact) mass is 591 g/mol. The van der Waals surface area contributed by atoms with Crippen molar-refractivity contribution in [3.63, 3.8) is 0 Å². The largest absolute Gasteiger partial charge is 0.468 e. The van der Waals surface area contributed by atoms with Crippen LogP contribution in [0.25, 0.3) is 21.3 Å². The fourth-order valence-corrected chi connectivity index (χ4v) is 4.98. The number of aryl methyl sites for hydroxylation is 1. The van der Waals surface area contributed by atoms with Crippen LogP contribution in [-0.4, -0.2) is 36.4 Å². The second-order valence-electron chi connectivity index (χ2n) is 8.71. The summed E-state index contributed by atoms with van der Waals surface area (Å²) in [4.78, 5) is 28.8. The van der Waals surface area contributed by atoms with E-state index in [4.69, 9.17) is 10.5 Å². The Morgan fingerprint density at radius 3 is 2.54 bits per heavy atom. The fourth-order valence-electron chi connectivity index (χ4n) is 3.97. The fraction of sp³-hybridized carbons (Fsp3) is 0.160. The summed E-state index contributed by atoms with van der Waals surface area (Å²) < 4.78 is 76.0. The van der Waals surface area contributed by atoms with E-state index >= 15 is 0 Å². The van der Waals surface area contributed by atoms with Gasteiger partial charge in [-0.05, 0) is 36.8 Å². The summed E-state index contributed by atoms with van der Waals surface area (Å²) in [6.45, 7) is 1.31. The van der Waals surface area contributed by atoms with Crippen molar-refractivity contribution < 1.29 is 36.3 Å². The molecule has 5 rings (SSSR count). The standard InChI is InChI=1S/C25H18F5N7O3S/c1-11-14(9-32-36(11)2)13-8-18(25(28,29)30)33-24-19(13)20(21(41-24)22(31)38)34-23(39)16-5-6-37(35-16)10-40-17-4-3-12(26)7-15(17)27/h3-9H,10H2,1-2H3,(H2,31,38)(H,34,39). The number of ether oxygens (including phenoxy) is 1. The first-order chi connectivity index (χ1) is 19.3. The van der Waals surface area contributed by atoms with Gasteiger partial charge in [0.15, 0.2) is 24.0 Å². The van der Waals surface area contributed by atoms with Crippen LogP contribution in [0.15, 0.2) is 42.7 Å². The summed E-state index contributed by atoms with van der Waals surface area (Å²) in [5.74, 6) is -3.78. The maximum Gasteiger partial charge on any atom is 0.433 e. The topological polar surface area (TPSA) is 130 Å². The third-order valence-electron chi connectivity index (χ3n) is 6.06. The van der Waals surface area contributed by atoms with Crippen LogP contribution in [0.4, 0.5) is 27.6 Å². The Bertz CT molecular complexity index is 1830. The van der Waals surface area contributed by atoms with Gasteiger partial charge in [-0.3, -0.25) is 14.3 Å². The SMILES string of the molecule is Cc1c(-c2cc(C(F)(F)F)nc3sc(C(N)=O)c(NC(=O)c4ccn(COc5ccc(F)cc5F)n4)c23)cnn1C. The average Bonchev–Trinajstić information content (AvgIpc) is 3.61. The van der Waals surface area contributed by atoms with Crippen LogP contribution in [0.3, 0.4) is 0 Å². The maximum absolute atomic E-state index is 13.8. The number of halogens is 5. The van der Waals surface area contributed by atoms with E-state index in [0.29, 0.717) is 28.7 Å². The van der Waals surface area contributed by atoms with Crippen LogP contribution in [-0.2, 0) is 20.0 Å². The Balaban J connectivity index is 1.52. The molecule has 0 spiro atoms. The number of nitrogens with two attached hydrogens (primary N) is 1. The van der Waals surface area contributed by atoms with Gasteiger partial charge in [-0.15, -0.1) is 11.3 Å². The van der Waals surface area contributed by atoms with Crippen LogP contribution in [0.5, 0.6) is 5.75 Å². The zero-order valence-electron chi connectivity index (χ0n) is 21.1. The van der Waals surface area contributed by atoms with Crippen molar-refractivity contribution in [2.24, 2.45) is 12.8 Å². The molecule has 0 unspecified atom stereocenters. The van der Waals surface area contributed by atoms with E-state index in [2.05, 4.69) is 20.5 Å². The highest BCUT2D eigenvalue weighted by molar-refractivity contribution is 7.21. The van der Waals surface area contributed by atoms with E-state index in [9.17, 15) is 31.5 Å². The molecule has 10 nitrogen and oxygen atoms in total. The van der Waals surface area contributed by atoms with Crippen molar-refractivity contribution in [1.29, 1.82) is 0 Å². The molecule has 3 N–H and O–H groups in total. The minimum absolute atomic E-state index is 0.0345. The number of fused-ring (bicyclic) bond motifs is 1. The molecule has 0 saturated carbocycles. The summed E-state index contributed by atoms with van der Waals surface area (Å²) in [6, 6.07) is 4.86. The third-order valence-corrected chi connectivity index (χ3v) is 7.16. The van der Waals surface area contributed by atoms with Gasteiger partial charge in [-0.2, -0.15) is 23.4 Å². The quantitative estimate of drug-likeness (QED) is 0.260. The first kappa shape index (κ1) is 27.7. The second kappa shape index (κ2) is 10.3. The molecule has 0 aliphatic heterocycles. The summed E-state index contributed by atoms with van der Waals surface area (Å²) in [5, 5.41) is 10.7. The number of aromatic nitrogens is 5. The van der Waals surface area contributed by atoms with Crippen LogP contribution < -0.4 is 15.8 Å². The predicted octanol–water partition coefficient (Wildman–Crippen LogP) is 4.89. The highest BCUT2D eigenvalue weighted by Gasteiger charge is 2.35. The van der Waals surface area contributed by atoms with E-state index in [1.54, 1.807) is 14.0 Å². The number of amides is 2. The Morgan fingerprint density at radius 2 is 1.90 bits per heavy atom. The van der Waals surface area contributed by atoms with Gasteiger partial charge in [0, 0.05) is 36.0 Å². The number of nitrogens with one attached hydrogen (secondary N) is 1. The molecule has 0 aliphatic carbocycles. The second-order valence-corrected chi connectivity index (χ2v) is 9.71. The van der Waals surface area contributed by atoms with Gasteiger partial charge in [-0.25, -0.2) is 18.4 Å². The highest BCUT2D eigenvalue weighted by atomic mass is 32.1.